The van der Waals surface area contributed by atoms with E-state index in [1.165, 1.54) is 47.6 Å². The molecule has 29 heavy (non-hydrogen) atoms. The minimum atomic E-state index is -0.986. The Kier molecular flexibility index (Phi) is 4.37. The van der Waals surface area contributed by atoms with Crippen molar-refractivity contribution in [3.8, 4) is 11.8 Å². The van der Waals surface area contributed by atoms with Gasteiger partial charge in [-0.2, -0.15) is 5.26 Å². The first-order valence-corrected chi connectivity index (χ1v) is 8.65. The van der Waals surface area contributed by atoms with Gasteiger partial charge in [-0.05, 0) is 54.1 Å². The average molecular weight is 386 g/mol. The highest BCUT2D eigenvalue weighted by atomic mass is 16.3. The molecule has 0 spiro atoms. The van der Waals surface area contributed by atoms with Crippen LogP contribution in [0.25, 0.3) is 0 Å². The number of amides is 1. The molecule has 0 saturated carbocycles. The third kappa shape index (κ3) is 3.03. The molecule has 7 nitrogen and oxygen atoms in total. The minimum absolute atomic E-state index is 0.0221. The molecular weight excluding hydrogens is 372 g/mol. The summed E-state index contributed by atoms with van der Waals surface area (Å²) in [6.07, 6.45) is 1.32. The number of hydrogen-bond donors (Lipinski definition) is 2. The van der Waals surface area contributed by atoms with E-state index in [9.17, 15) is 19.8 Å². The number of hydrogen-bond acceptors (Lipinski definition) is 6. The number of furan rings is 1. The van der Waals surface area contributed by atoms with Gasteiger partial charge >= 0.3 is 0 Å². The third-order valence-corrected chi connectivity index (χ3v) is 4.66. The maximum absolute atomic E-state index is 13.0. The molecule has 1 aromatic heterocycles. The molecule has 3 aromatic rings. The van der Waals surface area contributed by atoms with E-state index in [2.05, 4.69) is 0 Å². The maximum Gasteiger partial charge on any atom is 0.294 e. The first-order chi connectivity index (χ1) is 14.0. The Morgan fingerprint density at radius 1 is 1.07 bits per heavy atom. The van der Waals surface area contributed by atoms with Crippen LogP contribution in [0.2, 0.25) is 0 Å². The Morgan fingerprint density at radius 3 is 2.45 bits per heavy atom. The van der Waals surface area contributed by atoms with Crippen molar-refractivity contribution in [1.29, 1.82) is 5.26 Å². The van der Waals surface area contributed by atoms with Gasteiger partial charge in [0, 0.05) is 5.69 Å². The van der Waals surface area contributed by atoms with Crippen molar-refractivity contribution in [3.05, 3.63) is 95.1 Å². The largest absolute Gasteiger partial charge is 0.508 e. The van der Waals surface area contributed by atoms with E-state index in [1.54, 1.807) is 24.3 Å². The summed E-state index contributed by atoms with van der Waals surface area (Å²) in [5.74, 6) is -2.16. The van der Waals surface area contributed by atoms with Crippen molar-refractivity contribution in [3.63, 3.8) is 0 Å². The Bertz CT molecular complexity index is 1170. The van der Waals surface area contributed by atoms with E-state index >= 15 is 0 Å². The zero-order valence-electron chi connectivity index (χ0n) is 14.9. The Balaban J connectivity index is 1.88. The van der Waals surface area contributed by atoms with Gasteiger partial charge in [0.25, 0.3) is 5.91 Å². The SMILES string of the molecule is N#Cc1ccc(N2C(=O)C(O)=C(C(=O)c3ccco3)C2c2cccc(O)c2)cc1. The molecule has 1 amide bonds. The standard InChI is InChI=1S/C22H14N2O5/c23-12-13-6-8-15(9-7-13)24-19(14-3-1-4-16(25)11-14)18(21(27)22(24)28)20(26)17-5-2-10-29-17/h1-11,19,25,27H. The van der Waals surface area contributed by atoms with Gasteiger partial charge in [0.2, 0.25) is 5.78 Å². The van der Waals surface area contributed by atoms with E-state index in [0.717, 1.165) is 0 Å². The quantitative estimate of drug-likeness (QED) is 0.662. The van der Waals surface area contributed by atoms with Crippen molar-refractivity contribution in [2.24, 2.45) is 0 Å². The number of carbonyl (C=O) groups excluding carboxylic acids is 2. The van der Waals surface area contributed by atoms with Gasteiger partial charge in [0.05, 0.1) is 29.5 Å². The fourth-order valence-electron chi connectivity index (χ4n) is 3.35. The van der Waals surface area contributed by atoms with Crippen LogP contribution in [-0.4, -0.2) is 21.9 Å². The van der Waals surface area contributed by atoms with E-state index in [1.807, 2.05) is 6.07 Å². The molecule has 0 radical (unpaired) electrons. The predicted octanol–water partition coefficient (Wildman–Crippen LogP) is 3.64. The van der Waals surface area contributed by atoms with Gasteiger partial charge in [0.15, 0.2) is 11.5 Å². The summed E-state index contributed by atoms with van der Waals surface area (Å²) in [6, 6.07) is 16.3. The van der Waals surface area contributed by atoms with Crippen LogP contribution in [0.1, 0.15) is 27.7 Å². The van der Waals surface area contributed by atoms with E-state index in [-0.39, 0.29) is 17.1 Å². The monoisotopic (exact) mass is 386 g/mol. The van der Waals surface area contributed by atoms with Crippen molar-refractivity contribution >= 4 is 17.4 Å². The van der Waals surface area contributed by atoms with Crippen molar-refractivity contribution < 1.29 is 24.2 Å². The lowest BCUT2D eigenvalue weighted by Crippen LogP contribution is -2.31. The lowest BCUT2D eigenvalue weighted by molar-refractivity contribution is -0.117. The Hall–Kier alpha value is -4.31. The van der Waals surface area contributed by atoms with Crippen molar-refractivity contribution in [2.45, 2.75) is 6.04 Å². The highest BCUT2D eigenvalue weighted by Crippen LogP contribution is 2.42. The van der Waals surface area contributed by atoms with Gasteiger partial charge in [-0.3, -0.25) is 14.5 Å². The number of phenols is 1. The Labute approximate surface area is 165 Å². The molecule has 142 valence electrons. The molecule has 0 aliphatic carbocycles. The van der Waals surface area contributed by atoms with E-state index in [0.29, 0.717) is 16.8 Å². The number of nitriles is 1. The number of rotatable bonds is 4. The van der Waals surface area contributed by atoms with Crippen LogP contribution in [0.3, 0.4) is 0 Å². The summed E-state index contributed by atoms with van der Waals surface area (Å²) in [5.41, 5.74) is 1.07. The second-order valence-electron chi connectivity index (χ2n) is 6.40. The molecule has 7 heteroatoms. The van der Waals surface area contributed by atoms with Gasteiger partial charge in [-0.1, -0.05) is 12.1 Å². The number of carbonyl (C=O) groups is 2. The summed E-state index contributed by atoms with van der Waals surface area (Å²) >= 11 is 0. The van der Waals surface area contributed by atoms with E-state index < -0.39 is 23.5 Å². The van der Waals surface area contributed by atoms with Crippen molar-refractivity contribution in [1.82, 2.24) is 0 Å². The lowest BCUT2D eigenvalue weighted by atomic mass is 9.94. The number of aliphatic hydroxyl groups excluding tert-OH is 1. The summed E-state index contributed by atoms with van der Waals surface area (Å²) in [7, 11) is 0. The molecule has 0 fully saturated rings. The number of Topliss-reactive ketones (excluding diaryl/α,β-unsaturated/α-hetero) is 1. The summed E-state index contributed by atoms with van der Waals surface area (Å²) < 4.78 is 5.16. The second kappa shape index (κ2) is 7.02. The molecule has 2 N–H and O–H groups in total. The zero-order valence-corrected chi connectivity index (χ0v) is 14.9. The van der Waals surface area contributed by atoms with Gasteiger partial charge in [-0.15, -0.1) is 0 Å². The number of anilines is 1. The maximum atomic E-state index is 13.0. The molecule has 1 aliphatic rings. The number of nitrogens with zero attached hydrogens (tertiary/aromatic N) is 2. The molecule has 1 aliphatic heterocycles. The van der Waals surface area contributed by atoms with Crippen molar-refractivity contribution in [2.75, 3.05) is 4.90 Å². The summed E-state index contributed by atoms with van der Waals surface area (Å²) in [4.78, 5) is 27.2. The molecule has 2 heterocycles. The normalized spacial score (nSPS) is 16.2. The second-order valence-corrected chi connectivity index (χ2v) is 6.40. The molecule has 2 aromatic carbocycles. The highest BCUT2D eigenvalue weighted by molar-refractivity contribution is 6.20. The smallest absolute Gasteiger partial charge is 0.294 e. The van der Waals surface area contributed by atoms with Gasteiger partial charge < -0.3 is 14.6 Å². The number of ketones is 1. The molecule has 1 atom stereocenters. The lowest BCUT2D eigenvalue weighted by Gasteiger charge is -2.26. The molecule has 0 bridgehead atoms. The van der Waals surface area contributed by atoms with Crippen LogP contribution in [0.4, 0.5) is 5.69 Å². The van der Waals surface area contributed by atoms with Crippen LogP contribution in [0, 0.1) is 11.3 Å². The first kappa shape index (κ1) is 18.1. The third-order valence-electron chi connectivity index (χ3n) is 4.66. The molecule has 1 unspecified atom stereocenters. The van der Waals surface area contributed by atoms with Crippen LogP contribution < -0.4 is 4.90 Å². The van der Waals surface area contributed by atoms with E-state index in [4.69, 9.17) is 9.68 Å². The fraction of sp³-hybridized carbons (Fsp3) is 0.0455. The fourth-order valence-corrected chi connectivity index (χ4v) is 3.35. The Morgan fingerprint density at radius 2 is 1.83 bits per heavy atom. The van der Waals surface area contributed by atoms with Gasteiger partial charge in [-0.25, -0.2) is 0 Å². The summed E-state index contributed by atoms with van der Waals surface area (Å²) in [5, 5.41) is 29.5. The minimum Gasteiger partial charge on any atom is -0.508 e. The van der Waals surface area contributed by atoms with Crippen LogP contribution in [0.15, 0.2) is 82.7 Å². The van der Waals surface area contributed by atoms with Crippen LogP contribution in [-0.2, 0) is 4.79 Å². The number of aromatic hydroxyl groups is 1. The zero-order chi connectivity index (χ0) is 20.5. The number of aliphatic hydroxyl groups is 1. The molecule has 4 rings (SSSR count). The predicted molar refractivity (Wildman–Crippen MR) is 102 cm³/mol. The number of phenolic OH excluding ortho intramolecular Hbond substituents is 1. The molecule has 0 saturated heterocycles. The first-order valence-electron chi connectivity index (χ1n) is 8.65. The van der Waals surface area contributed by atoms with Gasteiger partial charge in [0.1, 0.15) is 5.75 Å². The number of benzene rings is 2. The van der Waals surface area contributed by atoms with Crippen LogP contribution in [0.5, 0.6) is 5.75 Å². The van der Waals surface area contributed by atoms with Crippen LogP contribution >= 0.6 is 0 Å². The average Bonchev–Trinajstić information content (AvgIpc) is 3.35. The topological polar surface area (TPSA) is 115 Å². The molecular formula is C22H14N2O5. The summed E-state index contributed by atoms with van der Waals surface area (Å²) in [6.45, 7) is 0. The highest BCUT2D eigenvalue weighted by Gasteiger charge is 2.45.